The summed E-state index contributed by atoms with van der Waals surface area (Å²) in [4.78, 5) is 0. The summed E-state index contributed by atoms with van der Waals surface area (Å²) >= 11 is 0. The second-order valence-electron chi connectivity index (χ2n) is 4.71. The van der Waals surface area contributed by atoms with Crippen LogP contribution in [0.15, 0.2) is 0 Å². The fourth-order valence-electron chi connectivity index (χ4n) is 1.26. The van der Waals surface area contributed by atoms with Gasteiger partial charge in [-0.25, -0.2) is 0 Å². The molecule has 0 radical (unpaired) electrons. The molecule has 0 aliphatic rings. The summed E-state index contributed by atoms with van der Waals surface area (Å²) in [5.41, 5.74) is 0.296. The van der Waals surface area contributed by atoms with E-state index in [0.29, 0.717) is 11.6 Å². The van der Waals surface area contributed by atoms with Crippen LogP contribution in [0, 0.1) is 5.41 Å². The Morgan fingerprint density at radius 3 is 1.54 bits per heavy atom. The van der Waals surface area contributed by atoms with E-state index in [1.54, 1.807) is 0 Å². The molecule has 0 aromatic rings. The van der Waals surface area contributed by atoms with Crippen molar-refractivity contribution in [3.63, 3.8) is 0 Å². The van der Waals surface area contributed by atoms with Crippen LogP contribution in [0.1, 0.15) is 47.5 Å². The highest BCUT2D eigenvalue weighted by Crippen LogP contribution is 2.16. The quantitative estimate of drug-likeness (QED) is 0.622. The molecule has 0 atom stereocenters. The molecule has 0 fully saturated rings. The first-order chi connectivity index (χ1) is 6.02. The topological polar surface area (TPSA) is 24.1 Å². The van der Waals surface area contributed by atoms with Crippen LogP contribution < -0.4 is 10.6 Å². The standard InChI is InChI=1S/C11H26N2/c1-6-8-12-10(11(3,4)5)13-9-7-2/h10,12-13H,6-9H2,1-5H3. The summed E-state index contributed by atoms with van der Waals surface area (Å²) in [5, 5.41) is 7.07. The van der Waals surface area contributed by atoms with Gasteiger partial charge in [-0.15, -0.1) is 0 Å². The molecule has 0 saturated carbocycles. The lowest BCUT2D eigenvalue weighted by molar-refractivity contribution is 0.226. The van der Waals surface area contributed by atoms with Crippen molar-refractivity contribution in [2.75, 3.05) is 13.1 Å². The first-order valence-corrected chi connectivity index (χ1v) is 5.49. The van der Waals surface area contributed by atoms with Crippen LogP contribution in [-0.2, 0) is 0 Å². The van der Waals surface area contributed by atoms with Crippen LogP contribution in [0.4, 0.5) is 0 Å². The molecule has 0 bridgehead atoms. The minimum absolute atomic E-state index is 0.296. The predicted octanol–water partition coefficient (Wildman–Crippen LogP) is 2.36. The van der Waals surface area contributed by atoms with E-state index in [-0.39, 0.29) is 0 Å². The Hall–Kier alpha value is -0.0800. The minimum Gasteiger partial charge on any atom is -0.301 e. The lowest BCUT2D eigenvalue weighted by Crippen LogP contribution is -2.51. The fourth-order valence-corrected chi connectivity index (χ4v) is 1.26. The SMILES string of the molecule is CCCNC(NCCC)C(C)(C)C. The van der Waals surface area contributed by atoms with Crippen LogP contribution in [0.5, 0.6) is 0 Å². The van der Waals surface area contributed by atoms with Gasteiger partial charge in [0, 0.05) is 0 Å². The Morgan fingerprint density at radius 1 is 0.923 bits per heavy atom. The maximum atomic E-state index is 3.53. The van der Waals surface area contributed by atoms with Crippen molar-refractivity contribution in [1.29, 1.82) is 0 Å². The largest absolute Gasteiger partial charge is 0.301 e. The van der Waals surface area contributed by atoms with Gasteiger partial charge in [0.25, 0.3) is 0 Å². The summed E-state index contributed by atoms with van der Waals surface area (Å²) in [6.07, 6.45) is 2.83. The van der Waals surface area contributed by atoms with Crippen LogP contribution in [0.2, 0.25) is 0 Å². The summed E-state index contributed by atoms with van der Waals surface area (Å²) in [7, 11) is 0. The van der Waals surface area contributed by atoms with E-state index in [9.17, 15) is 0 Å². The molecule has 0 aromatic heterocycles. The zero-order chi connectivity index (χ0) is 10.3. The van der Waals surface area contributed by atoms with Gasteiger partial charge in [0.2, 0.25) is 0 Å². The molecular formula is C11H26N2. The molecule has 0 spiro atoms. The Kier molecular flexibility index (Phi) is 6.35. The summed E-state index contributed by atoms with van der Waals surface area (Å²) in [6, 6.07) is 0. The van der Waals surface area contributed by atoms with E-state index in [4.69, 9.17) is 0 Å². The lowest BCUT2D eigenvalue weighted by atomic mass is 9.92. The van der Waals surface area contributed by atoms with E-state index in [1.807, 2.05) is 0 Å². The van der Waals surface area contributed by atoms with E-state index < -0.39 is 0 Å². The van der Waals surface area contributed by atoms with E-state index in [0.717, 1.165) is 13.1 Å². The maximum absolute atomic E-state index is 3.53. The molecule has 0 amide bonds. The molecule has 2 heteroatoms. The Balaban J connectivity index is 3.88. The van der Waals surface area contributed by atoms with Gasteiger partial charge in [0.1, 0.15) is 0 Å². The van der Waals surface area contributed by atoms with Gasteiger partial charge >= 0.3 is 0 Å². The van der Waals surface area contributed by atoms with Crippen molar-refractivity contribution >= 4 is 0 Å². The van der Waals surface area contributed by atoms with Crippen molar-refractivity contribution in [3.05, 3.63) is 0 Å². The highest BCUT2D eigenvalue weighted by molar-refractivity contribution is 4.77. The molecule has 80 valence electrons. The molecule has 0 aliphatic heterocycles. The molecule has 0 rings (SSSR count). The van der Waals surface area contributed by atoms with Crippen LogP contribution in [-0.4, -0.2) is 19.3 Å². The van der Waals surface area contributed by atoms with Gasteiger partial charge in [0.15, 0.2) is 0 Å². The summed E-state index contributed by atoms with van der Waals surface area (Å²) in [6.45, 7) is 13.4. The first kappa shape index (κ1) is 12.9. The zero-order valence-corrected chi connectivity index (χ0v) is 9.91. The second-order valence-corrected chi connectivity index (χ2v) is 4.71. The predicted molar refractivity (Wildman–Crippen MR) is 59.8 cm³/mol. The highest BCUT2D eigenvalue weighted by atomic mass is 15.1. The molecule has 2 nitrogen and oxygen atoms in total. The van der Waals surface area contributed by atoms with Gasteiger partial charge in [-0.05, 0) is 31.3 Å². The number of hydrogen-bond donors (Lipinski definition) is 2. The van der Waals surface area contributed by atoms with Crippen LogP contribution >= 0.6 is 0 Å². The van der Waals surface area contributed by atoms with Crippen molar-refractivity contribution in [1.82, 2.24) is 10.6 Å². The van der Waals surface area contributed by atoms with Gasteiger partial charge in [-0.3, -0.25) is 0 Å². The Labute approximate surface area is 83.5 Å². The third kappa shape index (κ3) is 6.05. The molecule has 2 N–H and O–H groups in total. The molecule has 0 aromatic carbocycles. The van der Waals surface area contributed by atoms with Crippen LogP contribution in [0.25, 0.3) is 0 Å². The number of hydrogen-bond acceptors (Lipinski definition) is 2. The lowest BCUT2D eigenvalue weighted by Gasteiger charge is -2.32. The van der Waals surface area contributed by atoms with Gasteiger partial charge in [-0.1, -0.05) is 34.6 Å². The van der Waals surface area contributed by atoms with E-state index in [2.05, 4.69) is 45.3 Å². The number of rotatable bonds is 6. The van der Waals surface area contributed by atoms with Crippen molar-refractivity contribution in [2.45, 2.75) is 53.6 Å². The average Bonchev–Trinajstić information content (AvgIpc) is 2.02. The Morgan fingerprint density at radius 2 is 1.31 bits per heavy atom. The second kappa shape index (κ2) is 6.39. The summed E-state index contributed by atoms with van der Waals surface area (Å²) < 4.78 is 0. The number of nitrogens with one attached hydrogen (secondary N) is 2. The molecular weight excluding hydrogens is 160 g/mol. The molecule has 13 heavy (non-hydrogen) atoms. The fraction of sp³-hybridized carbons (Fsp3) is 1.00. The van der Waals surface area contributed by atoms with Crippen molar-refractivity contribution in [2.24, 2.45) is 5.41 Å². The monoisotopic (exact) mass is 186 g/mol. The van der Waals surface area contributed by atoms with Crippen molar-refractivity contribution < 1.29 is 0 Å². The molecule has 0 aliphatic carbocycles. The third-order valence-electron chi connectivity index (χ3n) is 2.06. The summed E-state index contributed by atoms with van der Waals surface area (Å²) in [5.74, 6) is 0. The van der Waals surface area contributed by atoms with Crippen LogP contribution in [0.3, 0.4) is 0 Å². The van der Waals surface area contributed by atoms with E-state index in [1.165, 1.54) is 12.8 Å². The molecule has 0 saturated heterocycles. The first-order valence-electron chi connectivity index (χ1n) is 5.49. The molecule has 0 unspecified atom stereocenters. The van der Waals surface area contributed by atoms with Crippen molar-refractivity contribution in [3.8, 4) is 0 Å². The highest BCUT2D eigenvalue weighted by Gasteiger charge is 2.22. The zero-order valence-electron chi connectivity index (χ0n) is 9.91. The normalized spacial score (nSPS) is 12.5. The average molecular weight is 186 g/mol. The smallest absolute Gasteiger partial charge is 0.0621 e. The third-order valence-corrected chi connectivity index (χ3v) is 2.06. The minimum atomic E-state index is 0.296. The maximum Gasteiger partial charge on any atom is 0.0621 e. The Bertz CT molecular complexity index is 108. The van der Waals surface area contributed by atoms with Gasteiger partial charge in [-0.2, -0.15) is 0 Å². The van der Waals surface area contributed by atoms with E-state index >= 15 is 0 Å². The molecule has 0 heterocycles. The van der Waals surface area contributed by atoms with Gasteiger partial charge < -0.3 is 10.6 Å². The van der Waals surface area contributed by atoms with Gasteiger partial charge in [0.05, 0.1) is 6.17 Å².